The number of carbonyl (C=O) groups is 2. The number of carboxylic acid groups (broad SMARTS) is 1. The third kappa shape index (κ3) is 4.10. The lowest BCUT2D eigenvalue weighted by Crippen LogP contribution is -2.53. The van der Waals surface area contributed by atoms with Gasteiger partial charge in [0.1, 0.15) is 0 Å². The van der Waals surface area contributed by atoms with Crippen molar-refractivity contribution in [2.24, 2.45) is 0 Å². The quantitative estimate of drug-likeness (QED) is 0.778. The van der Waals surface area contributed by atoms with Crippen LogP contribution in [0.25, 0.3) is 0 Å². The van der Waals surface area contributed by atoms with Crippen molar-refractivity contribution in [3.63, 3.8) is 0 Å². The van der Waals surface area contributed by atoms with Crippen LogP contribution in [0.15, 0.2) is 0 Å². The molecule has 1 aliphatic rings. The van der Waals surface area contributed by atoms with Gasteiger partial charge in [-0.15, -0.1) is 0 Å². The summed E-state index contributed by atoms with van der Waals surface area (Å²) in [6.07, 6.45) is -5.95. The molecule has 1 atom stereocenters. The highest BCUT2D eigenvalue weighted by Crippen LogP contribution is 2.16. The van der Waals surface area contributed by atoms with Crippen molar-refractivity contribution in [3.8, 4) is 0 Å². The molecule has 0 aromatic heterocycles. The first-order valence-corrected chi connectivity index (χ1v) is 4.62. The molecule has 0 bridgehead atoms. The zero-order chi connectivity index (χ0) is 13.1. The second-order valence-electron chi connectivity index (χ2n) is 3.29. The summed E-state index contributed by atoms with van der Waals surface area (Å²) in [4.78, 5) is 22.7. The Morgan fingerprint density at radius 2 is 2.12 bits per heavy atom. The average Bonchev–Trinajstić information content (AvgIpc) is 2.25. The highest BCUT2D eigenvalue weighted by Gasteiger charge is 2.36. The van der Waals surface area contributed by atoms with E-state index >= 15 is 0 Å². The van der Waals surface area contributed by atoms with E-state index in [1.807, 2.05) is 0 Å². The maximum Gasteiger partial charge on any atom is 0.422 e. The number of alkyl halides is 3. The van der Waals surface area contributed by atoms with E-state index in [4.69, 9.17) is 9.84 Å². The van der Waals surface area contributed by atoms with Crippen molar-refractivity contribution in [3.05, 3.63) is 0 Å². The van der Waals surface area contributed by atoms with Crippen LogP contribution in [-0.4, -0.2) is 60.7 Å². The number of ether oxygens (including phenoxy) is 2. The van der Waals surface area contributed by atoms with E-state index in [9.17, 15) is 22.8 Å². The molecule has 9 heteroatoms. The summed E-state index contributed by atoms with van der Waals surface area (Å²) in [6, 6.07) is -1.32. The largest absolute Gasteiger partial charge is 0.480 e. The molecule has 1 amide bonds. The molecular weight excluding hydrogens is 247 g/mol. The van der Waals surface area contributed by atoms with Crippen molar-refractivity contribution in [2.45, 2.75) is 12.2 Å². The number of amides is 1. The number of hydrogen-bond acceptors (Lipinski definition) is 4. The van der Waals surface area contributed by atoms with E-state index in [1.54, 1.807) is 0 Å². The van der Waals surface area contributed by atoms with E-state index in [-0.39, 0.29) is 19.8 Å². The Morgan fingerprint density at radius 1 is 1.47 bits per heavy atom. The summed E-state index contributed by atoms with van der Waals surface area (Å²) in [5.41, 5.74) is 0. The van der Waals surface area contributed by atoms with Crippen LogP contribution in [0.2, 0.25) is 0 Å². The van der Waals surface area contributed by atoms with Gasteiger partial charge in [0.2, 0.25) is 0 Å². The fraction of sp³-hybridized carbons (Fsp3) is 0.750. The van der Waals surface area contributed by atoms with Crippen molar-refractivity contribution in [1.29, 1.82) is 0 Å². The van der Waals surface area contributed by atoms with E-state index in [0.717, 1.165) is 0 Å². The predicted octanol–water partition coefficient (Wildman–Crippen LogP) is 0.471. The van der Waals surface area contributed by atoms with Crippen LogP contribution >= 0.6 is 0 Å². The zero-order valence-corrected chi connectivity index (χ0v) is 8.57. The molecule has 0 aromatic rings. The van der Waals surface area contributed by atoms with Crippen molar-refractivity contribution in [2.75, 3.05) is 26.4 Å². The van der Waals surface area contributed by atoms with Crippen LogP contribution < -0.4 is 0 Å². The number of carboxylic acids is 1. The molecule has 0 radical (unpaired) electrons. The summed E-state index contributed by atoms with van der Waals surface area (Å²) in [5.74, 6) is -1.35. The van der Waals surface area contributed by atoms with Crippen LogP contribution in [-0.2, 0) is 14.3 Å². The van der Waals surface area contributed by atoms with Crippen LogP contribution in [0, 0.1) is 0 Å². The molecule has 1 N–H and O–H groups in total. The first kappa shape index (κ1) is 13.6. The lowest BCUT2D eigenvalue weighted by molar-refractivity contribution is -0.166. The van der Waals surface area contributed by atoms with E-state index in [2.05, 4.69) is 4.74 Å². The van der Waals surface area contributed by atoms with Crippen LogP contribution in [0.3, 0.4) is 0 Å². The first-order valence-electron chi connectivity index (χ1n) is 4.62. The minimum atomic E-state index is -4.64. The molecule has 0 aromatic carbocycles. The molecule has 0 aliphatic carbocycles. The van der Waals surface area contributed by atoms with Gasteiger partial charge in [0.15, 0.2) is 12.6 Å². The maximum atomic E-state index is 11.8. The molecule has 1 rings (SSSR count). The molecule has 1 aliphatic heterocycles. The number of carbonyl (C=O) groups excluding carboxylic acids is 1. The topological polar surface area (TPSA) is 76.1 Å². The fourth-order valence-corrected chi connectivity index (χ4v) is 1.25. The Balaban J connectivity index is 2.56. The second-order valence-corrected chi connectivity index (χ2v) is 3.29. The minimum Gasteiger partial charge on any atom is -0.480 e. The van der Waals surface area contributed by atoms with Gasteiger partial charge in [0, 0.05) is 6.54 Å². The van der Waals surface area contributed by atoms with Gasteiger partial charge >= 0.3 is 18.2 Å². The van der Waals surface area contributed by atoms with Gasteiger partial charge in [-0.05, 0) is 0 Å². The Labute approximate surface area is 93.9 Å². The Kier molecular flexibility index (Phi) is 4.16. The molecule has 98 valence electrons. The van der Waals surface area contributed by atoms with Crippen LogP contribution in [0.1, 0.15) is 0 Å². The van der Waals surface area contributed by atoms with Gasteiger partial charge in [-0.25, -0.2) is 9.59 Å². The number of halogens is 3. The Morgan fingerprint density at radius 3 is 2.65 bits per heavy atom. The molecule has 0 saturated carbocycles. The number of morpholine rings is 1. The summed E-state index contributed by atoms with van der Waals surface area (Å²) >= 11 is 0. The number of rotatable bonds is 2. The Hall–Kier alpha value is -1.51. The smallest absolute Gasteiger partial charge is 0.422 e. The van der Waals surface area contributed by atoms with Crippen molar-refractivity contribution >= 4 is 12.1 Å². The molecule has 6 nitrogen and oxygen atoms in total. The second kappa shape index (κ2) is 5.21. The highest BCUT2D eigenvalue weighted by atomic mass is 19.4. The van der Waals surface area contributed by atoms with E-state index in [1.165, 1.54) is 0 Å². The summed E-state index contributed by atoms with van der Waals surface area (Å²) in [6.45, 7) is -2.06. The zero-order valence-electron chi connectivity index (χ0n) is 8.57. The molecule has 0 spiro atoms. The third-order valence-corrected chi connectivity index (χ3v) is 2.01. The summed E-state index contributed by atoms with van der Waals surface area (Å²) in [5, 5.41) is 8.73. The SMILES string of the molecule is O=C(O)C1COCCN1C(=O)OCC(F)(F)F. The standard InChI is InChI=1S/C8H10F3NO5/c9-8(10,11)4-17-7(15)12-1-2-16-3-5(12)6(13)14/h5H,1-4H2,(H,13,14). The van der Waals surface area contributed by atoms with E-state index in [0.29, 0.717) is 4.90 Å². The maximum absolute atomic E-state index is 11.8. The lowest BCUT2D eigenvalue weighted by atomic mass is 10.2. The normalized spacial score (nSPS) is 21.1. The van der Waals surface area contributed by atoms with Crippen LogP contribution in [0.5, 0.6) is 0 Å². The number of nitrogens with zero attached hydrogens (tertiary/aromatic N) is 1. The molecule has 17 heavy (non-hydrogen) atoms. The van der Waals surface area contributed by atoms with E-state index < -0.39 is 30.9 Å². The molecule has 1 saturated heterocycles. The third-order valence-electron chi connectivity index (χ3n) is 2.01. The minimum absolute atomic E-state index is 0.0604. The molecule has 1 heterocycles. The first-order chi connectivity index (χ1) is 7.81. The van der Waals surface area contributed by atoms with Crippen LogP contribution in [0.4, 0.5) is 18.0 Å². The molecule has 1 fully saturated rings. The highest BCUT2D eigenvalue weighted by molar-refractivity contribution is 5.80. The van der Waals surface area contributed by atoms with Gasteiger partial charge in [-0.2, -0.15) is 13.2 Å². The van der Waals surface area contributed by atoms with Gasteiger partial charge in [-0.1, -0.05) is 0 Å². The lowest BCUT2D eigenvalue weighted by Gasteiger charge is -2.31. The number of hydrogen-bond donors (Lipinski definition) is 1. The molecular formula is C8H10F3NO5. The predicted molar refractivity (Wildman–Crippen MR) is 46.4 cm³/mol. The van der Waals surface area contributed by atoms with Gasteiger partial charge in [0.25, 0.3) is 0 Å². The fourth-order valence-electron chi connectivity index (χ4n) is 1.25. The summed E-state index contributed by atoms with van der Waals surface area (Å²) < 4.78 is 44.2. The number of aliphatic carboxylic acids is 1. The van der Waals surface area contributed by atoms with Crippen molar-refractivity contribution < 1.29 is 37.3 Å². The molecule has 1 unspecified atom stereocenters. The van der Waals surface area contributed by atoms with Crippen molar-refractivity contribution in [1.82, 2.24) is 4.90 Å². The van der Waals surface area contributed by atoms with Gasteiger partial charge in [-0.3, -0.25) is 4.90 Å². The Bertz CT molecular complexity index is 306. The van der Waals surface area contributed by atoms with Gasteiger partial charge in [0.05, 0.1) is 13.2 Å². The monoisotopic (exact) mass is 257 g/mol. The van der Waals surface area contributed by atoms with Gasteiger partial charge < -0.3 is 14.6 Å². The average molecular weight is 257 g/mol. The summed E-state index contributed by atoms with van der Waals surface area (Å²) in [7, 11) is 0.